The van der Waals surface area contributed by atoms with E-state index in [1.54, 1.807) is 0 Å². The minimum Gasteiger partial charge on any atom is -0.329 e. The Kier molecular flexibility index (Phi) is 4.97. The molecule has 0 spiro atoms. The Hall–Kier alpha value is -0.900. The third-order valence-electron chi connectivity index (χ3n) is 3.64. The lowest BCUT2D eigenvalue weighted by molar-refractivity contribution is 0.158. The van der Waals surface area contributed by atoms with Gasteiger partial charge in [0.2, 0.25) is 0 Å². The van der Waals surface area contributed by atoms with E-state index in [1.807, 2.05) is 11.3 Å². The Morgan fingerprint density at radius 2 is 2.00 bits per heavy atom. The van der Waals surface area contributed by atoms with Gasteiger partial charge in [0.15, 0.2) is 0 Å². The van der Waals surface area contributed by atoms with Gasteiger partial charge >= 0.3 is 0 Å². The molecule has 2 N–H and O–H groups in total. The summed E-state index contributed by atoms with van der Waals surface area (Å²) in [6.45, 7) is 8.52. The summed E-state index contributed by atoms with van der Waals surface area (Å²) >= 11 is 1.82. The van der Waals surface area contributed by atoms with Gasteiger partial charge in [0.05, 0.1) is 0 Å². The topological polar surface area (TPSA) is 29.3 Å². The first-order valence-corrected chi connectivity index (χ1v) is 7.99. The molecule has 0 fully saturated rings. The first-order chi connectivity index (χ1) is 9.19. The van der Waals surface area contributed by atoms with E-state index in [9.17, 15) is 0 Å². The average Bonchev–Trinajstić information content (AvgIpc) is 2.83. The van der Waals surface area contributed by atoms with Gasteiger partial charge in [-0.2, -0.15) is 0 Å². The quantitative estimate of drug-likeness (QED) is 0.863. The molecule has 0 bridgehead atoms. The maximum Gasteiger partial charge on any atom is 0.0487 e. The van der Waals surface area contributed by atoms with E-state index < -0.39 is 0 Å². The molecule has 0 aliphatic rings. The van der Waals surface area contributed by atoms with Gasteiger partial charge in [-0.05, 0) is 49.2 Å². The molecule has 0 aliphatic heterocycles. The maximum atomic E-state index is 6.09. The molecular formula is C16H24N2S. The number of hydrogen-bond acceptors (Lipinski definition) is 3. The van der Waals surface area contributed by atoms with Crippen LogP contribution in [0.25, 0.3) is 10.1 Å². The van der Waals surface area contributed by atoms with Crippen LogP contribution in [-0.2, 0) is 0 Å². The second-order valence-electron chi connectivity index (χ2n) is 5.27. The van der Waals surface area contributed by atoms with Gasteiger partial charge in [0, 0.05) is 23.3 Å². The van der Waals surface area contributed by atoms with Crippen molar-refractivity contribution in [2.24, 2.45) is 5.73 Å². The molecule has 0 saturated heterocycles. The van der Waals surface area contributed by atoms with Crippen molar-refractivity contribution in [3.05, 3.63) is 35.2 Å². The standard InChI is InChI=1S/C16H24N2S/c1-4-9-18(12(2)3)15(10-17)14-11-19-16-8-6-5-7-13(14)16/h5-8,11-12,15H,4,9-10,17H2,1-3H3. The molecule has 2 nitrogen and oxygen atoms in total. The van der Waals surface area contributed by atoms with Crippen LogP contribution in [0.4, 0.5) is 0 Å². The number of nitrogens with zero attached hydrogens (tertiary/aromatic N) is 1. The van der Waals surface area contributed by atoms with E-state index in [2.05, 4.69) is 55.3 Å². The molecule has 104 valence electrons. The highest BCUT2D eigenvalue weighted by Crippen LogP contribution is 2.33. The molecule has 2 aromatic rings. The van der Waals surface area contributed by atoms with Crippen molar-refractivity contribution in [3.63, 3.8) is 0 Å². The van der Waals surface area contributed by atoms with E-state index >= 15 is 0 Å². The molecule has 3 heteroatoms. The first-order valence-electron chi connectivity index (χ1n) is 7.11. The van der Waals surface area contributed by atoms with E-state index in [4.69, 9.17) is 5.73 Å². The minimum absolute atomic E-state index is 0.330. The van der Waals surface area contributed by atoms with Crippen molar-refractivity contribution < 1.29 is 0 Å². The lowest BCUT2D eigenvalue weighted by atomic mass is 10.0. The first kappa shape index (κ1) is 14.5. The van der Waals surface area contributed by atoms with Crippen LogP contribution in [0.2, 0.25) is 0 Å². The zero-order chi connectivity index (χ0) is 13.8. The summed E-state index contributed by atoms with van der Waals surface area (Å²) in [6, 6.07) is 9.48. The lowest BCUT2D eigenvalue weighted by Crippen LogP contribution is -2.39. The van der Waals surface area contributed by atoms with Crippen molar-refractivity contribution in [1.29, 1.82) is 0 Å². The van der Waals surface area contributed by atoms with E-state index in [-0.39, 0.29) is 0 Å². The summed E-state index contributed by atoms with van der Waals surface area (Å²) in [4.78, 5) is 2.52. The number of fused-ring (bicyclic) bond motifs is 1. The number of nitrogens with two attached hydrogens (primary N) is 1. The van der Waals surface area contributed by atoms with E-state index in [0.29, 0.717) is 18.6 Å². The zero-order valence-corrected chi connectivity index (χ0v) is 12.9. The van der Waals surface area contributed by atoms with Gasteiger partial charge < -0.3 is 5.73 Å². The van der Waals surface area contributed by atoms with Gasteiger partial charge in [0.25, 0.3) is 0 Å². The highest BCUT2D eigenvalue weighted by atomic mass is 32.1. The van der Waals surface area contributed by atoms with Crippen LogP contribution in [-0.4, -0.2) is 24.0 Å². The normalized spacial score (nSPS) is 13.6. The van der Waals surface area contributed by atoms with Crippen molar-refractivity contribution in [2.75, 3.05) is 13.1 Å². The largest absolute Gasteiger partial charge is 0.329 e. The molecule has 0 aliphatic carbocycles. The maximum absolute atomic E-state index is 6.09. The Balaban J connectivity index is 2.40. The van der Waals surface area contributed by atoms with Gasteiger partial charge in [-0.15, -0.1) is 11.3 Å². The highest BCUT2D eigenvalue weighted by molar-refractivity contribution is 7.17. The second kappa shape index (κ2) is 6.51. The summed E-state index contributed by atoms with van der Waals surface area (Å²) in [6.07, 6.45) is 1.16. The fourth-order valence-electron chi connectivity index (χ4n) is 2.73. The van der Waals surface area contributed by atoms with Gasteiger partial charge in [-0.25, -0.2) is 0 Å². The number of benzene rings is 1. The molecular weight excluding hydrogens is 252 g/mol. The van der Waals surface area contributed by atoms with Gasteiger partial charge in [-0.3, -0.25) is 4.90 Å². The van der Waals surface area contributed by atoms with Crippen LogP contribution in [0.15, 0.2) is 29.6 Å². The fourth-order valence-corrected chi connectivity index (χ4v) is 3.74. The summed E-state index contributed by atoms with van der Waals surface area (Å²) in [5.74, 6) is 0. The summed E-state index contributed by atoms with van der Waals surface area (Å²) in [7, 11) is 0. The number of thiophene rings is 1. The van der Waals surface area contributed by atoms with Gasteiger partial charge in [0.1, 0.15) is 0 Å². The monoisotopic (exact) mass is 276 g/mol. The van der Waals surface area contributed by atoms with Crippen molar-refractivity contribution in [2.45, 2.75) is 39.3 Å². The van der Waals surface area contributed by atoms with E-state index in [1.165, 1.54) is 15.6 Å². The van der Waals surface area contributed by atoms with Crippen LogP contribution >= 0.6 is 11.3 Å². The van der Waals surface area contributed by atoms with Crippen LogP contribution in [0, 0.1) is 0 Å². The minimum atomic E-state index is 0.330. The molecule has 1 unspecified atom stereocenters. The third-order valence-corrected chi connectivity index (χ3v) is 4.62. The lowest BCUT2D eigenvalue weighted by Gasteiger charge is -2.34. The Bertz CT molecular complexity index is 518. The van der Waals surface area contributed by atoms with E-state index in [0.717, 1.165) is 13.0 Å². The van der Waals surface area contributed by atoms with Crippen LogP contribution < -0.4 is 5.73 Å². The Labute approximate surface area is 120 Å². The molecule has 1 heterocycles. The molecule has 1 aromatic carbocycles. The van der Waals surface area contributed by atoms with Crippen molar-refractivity contribution in [1.82, 2.24) is 4.90 Å². The molecule has 0 saturated carbocycles. The summed E-state index contributed by atoms with van der Waals surface area (Å²) in [5, 5.41) is 3.65. The molecule has 1 aromatic heterocycles. The van der Waals surface area contributed by atoms with Crippen molar-refractivity contribution in [3.8, 4) is 0 Å². The Morgan fingerprint density at radius 1 is 1.26 bits per heavy atom. The van der Waals surface area contributed by atoms with Gasteiger partial charge in [-0.1, -0.05) is 25.1 Å². The van der Waals surface area contributed by atoms with Crippen LogP contribution in [0.5, 0.6) is 0 Å². The Morgan fingerprint density at radius 3 is 2.63 bits per heavy atom. The van der Waals surface area contributed by atoms with Crippen LogP contribution in [0.3, 0.4) is 0 Å². The smallest absolute Gasteiger partial charge is 0.0487 e. The molecule has 1 atom stereocenters. The molecule has 0 radical (unpaired) electrons. The third kappa shape index (κ3) is 2.99. The van der Waals surface area contributed by atoms with Crippen LogP contribution in [0.1, 0.15) is 38.8 Å². The summed E-state index contributed by atoms with van der Waals surface area (Å²) in [5.41, 5.74) is 7.48. The molecule has 0 amide bonds. The highest BCUT2D eigenvalue weighted by Gasteiger charge is 2.23. The summed E-state index contributed by atoms with van der Waals surface area (Å²) < 4.78 is 1.36. The molecule has 19 heavy (non-hydrogen) atoms. The second-order valence-corrected chi connectivity index (χ2v) is 6.18. The predicted octanol–water partition coefficient (Wildman–Crippen LogP) is 4.02. The number of hydrogen-bond donors (Lipinski definition) is 1. The zero-order valence-electron chi connectivity index (χ0n) is 12.1. The predicted molar refractivity (Wildman–Crippen MR) is 85.8 cm³/mol. The van der Waals surface area contributed by atoms with Crippen molar-refractivity contribution >= 4 is 21.4 Å². The fraction of sp³-hybridized carbons (Fsp3) is 0.500. The number of rotatable bonds is 6. The molecule has 2 rings (SSSR count). The average molecular weight is 276 g/mol. The SMILES string of the molecule is CCCN(C(C)C)C(CN)c1csc2ccccc12.